The quantitative estimate of drug-likeness (QED) is 0.624. The normalized spacial score (nSPS) is 17.9. The van der Waals surface area contributed by atoms with Crippen LogP contribution in [-0.4, -0.2) is 0 Å². The summed E-state index contributed by atoms with van der Waals surface area (Å²) in [6, 6.07) is 7.73. The maximum atomic E-state index is 11.3. The van der Waals surface area contributed by atoms with Crippen molar-refractivity contribution in [3.05, 3.63) is 35.6 Å². The van der Waals surface area contributed by atoms with Crippen molar-refractivity contribution in [2.75, 3.05) is 0 Å². The maximum absolute atomic E-state index is 11.3. The lowest BCUT2D eigenvalue weighted by molar-refractivity contribution is 0.598. The Morgan fingerprint density at radius 1 is 1.27 bits per heavy atom. The molecule has 0 radical (unpaired) electrons. The van der Waals surface area contributed by atoms with Crippen LogP contribution in [0.3, 0.4) is 0 Å². The fourth-order valence-electron chi connectivity index (χ4n) is 1.11. The number of benzene rings is 1. The van der Waals surface area contributed by atoms with E-state index in [4.69, 9.17) is 0 Å². The van der Waals surface area contributed by atoms with Crippen LogP contribution in [0.25, 0.3) is 4.48 Å². The van der Waals surface area contributed by atoms with Gasteiger partial charge in [-0.1, -0.05) is 16.7 Å². The summed E-state index contributed by atoms with van der Waals surface area (Å²) in [5.74, 6) is 1.75. The van der Waals surface area contributed by atoms with E-state index < -0.39 is 7.80 Å². The predicted molar refractivity (Wildman–Crippen MR) is 50.6 cm³/mol. The van der Waals surface area contributed by atoms with Crippen molar-refractivity contribution in [3.8, 4) is 0 Å². The maximum Gasteiger partial charge on any atom is 0.409 e. The molecule has 2 rings (SSSR count). The monoisotopic (exact) mass is 227 g/mol. The van der Waals surface area contributed by atoms with Gasteiger partial charge >= 0.3 is 7.80 Å². The highest BCUT2D eigenvalue weighted by Crippen LogP contribution is 2.39. The lowest BCUT2D eigenvalue weighted by Gasteiger charge is -1.88. The molecule has 0 saturated carbocycles. The van der Waals surface area contributed by atoms with Gasteiger partial charge in [0.15, 0.2) is 5.82 Å². The second-order valence-electron chi connectivity index (χ2n) is 2.32. The molecular formula is C8H5BrOP+. The van der Waals surface area contributed by atoms with Gasteiger partial charge in [-0.25, -0.2) is 0 Å². The summed E-state index contributed by atoms with van der Waals surface area (Å²) < 4.78 is 12.3. The van der Waals surface area contributed by atoms with Crippen molar-refractivity contribution >= 4 is 33.5 Å². The molecular weight excluding hydrogens is 223 g/mol. The average molecular weight is 228 g/mol. The Kier molecular flexibility index (Phi) is 1.67. The van der Waals surface area contributed by atoms with E-state index in [0.29, 0.717) is 0 Å². The number of hydrogen-bond acceptors (Lipinski definition) is 1. The Morgan fingerprint density at radius 3 is 2.73 bits per heavy atom. The van der Waals surface area contributed by atoms with Crippen LogP contribution < -0.4 is 5.30 Å². The molecule has 54 valence electrons. The van der Waals surface area contributed by atoms with Gasteiger partial charge in [-0.2, -0.15) is 0 Å². The Hall–Kier alpha value is -0.460. The highest BCUT2D eigenvalue weighted by atomic mass is 79.9. The molecule has 1 aromatic rings. The molecule has 0 bridgehead atoms. The Morgan fingerprint density at radius 2 is 2.00 bits per heavy atom. The zero-order valence-corrected chi connectivity index (χ0v) is 8.10. The number of rotatable bonds is 0. The molecule has 3 heteroatoms. The standard InChI is InChI=1S/C8H5BrOP/c9-7-5-11(10)8-4-2-1-3-6(7)8/h1-5H/q+1. The van der Waals surface area contributed by atoms with E-state index in [0.717, 1.165) is 15.4 Å². The molecule has 11 heavy (non-hydrogen) atoms. The summed E-state index contributed by atoms with van der Waals surface area (Å²) in [5, 5.41) is 0.939. The van der Waals surface area contributed by atoms with Gasteiger partial charge < -0.3 is 0 Å². The minimum Gasteiger partial charge on any atom is -0.0619 e. The van der Waals surface area contributed by atoms with Gasteiger partial charge in [0.25, 0.3) is 0 Å². The first-order valence-electron chi connectivity index (χ1n) is 3.22. The molecule has 1 atom stereocenters. The highest BCUT2D eigenvalue weighted by molar-refractivity contribution is 9.15. The Labute approximate surface area is 74.0 Å². The number of halogens is 1. The molecule has 1 unspecified atom stereocenters. The summed E-state index contributed by atoms with van der Waals surface area (Å²) in [4.78, 5) is 0. The average Bonchev–Trinajstić information content (AvgIpc) is 2.30. The molecule has 0 aromatic heterocycles. The second-order valence-corrected chi connectivity index (χ2v) is 4.57. The first-order valence-corrected chi connectivity index (χ1v) is 5.34. The zero-order valence-electron chi connectivity index (χ0n) is 5.62. The third-order valence-electron chi connectivity index (χ3n) is 1.63. The third-order valence-corrected chi connectivity index (χ3v) is 4.00. The molecule has 0 amide bonds. The first-order chi connectivity index (χ1) is 5.29. The molecule has 0 saturated heterocycles. The SMILES string of the molecule is O=[P+]1C=C(Br)c2ccccc21. The van der Waals surface area contributed by atoms with Gasteiger partial charge in [0.2, 0.25) is 5.30 Å². The second kappa shape index (κ2) is 2.54. The molecule has 1 aliphatic heterocycles. The molecule has 1 heterocycles. The van der Waals surface area contributed by atoms with Gasteiger partial charge in [-0.05, 0) is 28.1 Å². The minimum atomic E-state index is -1.28. The minimum absolute atomic E-state index is 0.939. The smallest absolute Gasteiger partial charge is 0.0619 e. The third kappa shape index (κ3) is 1.07. The fraction of sp³-hybridized carbons (Fsp3) is 0. The lowest BCUT2D eigenvalue weighted by Crippen LogP contribution is -1.95. The van der Waals surface area contributed by atoms with E-state index in [1.807, 2.05) is 24.3 Å². The predicted octanol–water partition coefficient (Wildman–Crippen LogP) is 2.85. The molecule has 1 aromatic carbocycles. The van der Waals surface area contributed by atoms with Crippen molar-refractivity contribution < 1.29 is 4.57 Å². The summed E-state index contributed by atoms with van der Waals surface area (Å²) in [6.45, 7) is 0. The largest absolute Gasteiger partial charge is 0.409 e. The summed E-state index contributed by atoms with van der Waals surface area (Å²) >= 11 is 3.35. The molecule has 0 spiro atoms. The Bertz CT molecular complexity index is 357. The summed E-state index contributed by atoms with van der Waals surface area (Å²) in [5.41, 5.74) is 1.06. The lowest BCUT2D eigenvalue weighted by atomic mass is 10.2. The van der Waals surface area contributed by atoms with Gasteiger partial charge in [0.05, 0.1) is 4.48 Å². The fourth-order valence-corrected chi connectivity index (χ4v) is 3.32. The summed E-state index contributed by atoms with van der Waals surface area (Å²) in [6.07, 6.45) is 0. The van der Waals surface area contributed by atoms with Gasteiger partial charge in [0.1, 0.15) is 0 Å². The molecule has 1 nitrogen and oxygen atoms in total. The number of hydrogen-bond donors (Lipinski definition) is 0. The topological polar surface area (TPSA) is 17.1 Å². The van der Waals surface area contributed by atoms with Crippen molar-refractivity contribution in [3.63, 3.8) is 0 Å². The summed E-state index contributed by atoms with van der Waals surface area (Å²) in [7, 11) is -1.28. The van der Waals surface area contributed by atoms with E-state index in [9.17, 15) is 4.57 Å². The molecule has 0 aliphatic carbocycles. The van der Waals surface area contributed by atoms with Gasteiger partial charge in [0, 0.05) is 5.56 Å². The molecule has 1 aliphatic rings. The van der Waals surface area contributed by atoms with Crippen LogP contribution in [0.2, 0.25) is 0 Å². The van der Waals surface area contributed by atoms with Gasteiger partial charge in [-0.3, -0.25) is 0 Å². The van der Waals surface area contributed by atoms with Crippen LogP contribution in [-0.2, 0) is 4.57 Å². The first kappa shape index (κ1) is 7.20. The van der Waals surface area contributed by atoms with Crippen LogP contribution in [0.5, 0.6) is 0 Å². The zero-order chi connectivity index (χ0) is 7.84. The van der Waals surface area contributed by atoms with Crippen LogP contribution >= 0.6 is 23.7 Å². The van der Waals surface area contributed by atoms with E-state index in [2.05, 4.69) is 15.9 Å². The van der Waals surface area contributed by atoms with Crippen LogP contribution in [0.1, 0.15) is 5.56 Å². The van der Waals surface area contributed by atoms with Crippen molar-refractivity contribution in [2.45, 2.75) is 0 Å². The van der Waals surface area contributed by atoms with Crippen molar-refractivity contribution in [1.29, 1.82) is 0 Å². The molecule has 0 fully saturated rings. The van der Waals surface area contributed by atoms with E-state index in [1.54, 1.807) is 5.82 Å². The van der Waals surface area contributed by atoms with Gasteiger partial charge in [-0.15, -0.1) is 0 Å². The van der Waals surface area contributed by atoms with E-state index in [1.165, 1.54) is 0 Å². The van der Waals surface area contributed by atoms with Crippen molar-refractivity contribution in [2.24, 2.45) is 0 Å². The van der Waals surface area contributed by atoms with Crippen LogP contribution in [0.15, 0.2) is 30.1 Å². The highest BCUT2D eigenvalue weighted by Gasteiger charge is 2.30. The van der Waals surface area contributed by atoms with Crippen LogP contribution in [0.4, 0.5) is 0 Å². The van der Waals surface area contributed by atoms with E-state index in [-0.39, 0.29) is 0 Å². The molecule has 0 N–H and O–H groups in total. The number of fused-ring (bicyclic) bond motifs is 1. The van der Waals surface area contributed by atoms with Crippen LogP contribution in [0, 0.1) is 0 Å². The van der Waals surface area contributed by atoms with Crippen molar-refractivity contribution in [1.82, 2.24) is 0 Å². The Balaban J connectivity index is 2.71. The van der Waals surface area contributed by atoms with E-state index >= 15 is 0 Å².